The zero-order valence-electron chi connectivity index (χ0n) is 12.0. The van der Waals surface area contributed by atoms with Crippen molar-refractivity contribution in [3.63, 3.8) is 0 Å². The molecule has 0 aromatic rings. The van der Waals surface area contributed by atoms with Crippen molar-refractivity contribution in [1.29, 1.82) is 0 Å². The Hall–Kier alpha value is -0.940. The van der Waals surface area contributed by atoms with Crippen LogP contribution < -0.4 is 10.6 Å². The molecule has 2 unspecified atom stereocenters. The molecule has 2 saturated carbocycles. The van der Waals surface area contributed by atoms with Gasteiger partial charge in [0.15, 0.2) is 5.96 Å². The van der Waals surface area contributed by atoms with Crippen molar-refractivity contribution >= 4 is 5.96 Å². The minimum Gasteiger partial charge on any atom is -0.356 e. The Morgan fingerprint density at radius 3 is 2.55 bits per heavy atom. The molecule has 0 bridgehead atoms. The van der Waals surface area contributed by atoms with Gasteiger partial charge in [-0.05, 0) is 31.6 Å². The number of nitrogens with zero attached hydrogens (tertiary/aromatic N) is 1. The van der Waals surface area contributed by atoms with Crippen molar-refractivity contribution in [2.75, 3.05) is 13.6 Å². The van der Waals surface area contributed by atoms with E-state index in [1.807, 2.05) is 0 Å². The Labute approximate surface area is 118 Å². The topological polar surface area (TPSA) is 36.4 Å². The molecule has 2 aliphatic carbocycles. The number of hydrogen-bond acceptors (Lipinski definition) is 1. The minimum absolute atomic E-state index is 0.123. The zero-order chi connectivity index (χ0) is 14.6. The Kier molecular flexibility index (Phi) is 5.16. The highest BCUT2D eigenvalue weighted by Crippen LogP contribution is 2.37. The molecule has 0 radical (unpaired) electrons. The van der Waals surface area contributed by atoms with Crippen LogP contribution in [0.4, 0.5) is 13.2 Å². The smallest absolute Gasteiger partial charge is 0.356 e. The summed E-state index contributed by atoms with van der Waals surface area (Å²) in [4.78, 5) is 4.10. The molecule has 2 atom stereocenters. The van der Waals surface area contributed by atoms with Gasteiger partial charge in [0.05, 0.1) is 5.92 Å². The summed E-state index contributed by atoms with van der Waals surface area (Å²) in [6.07, 6.45) is 1.51. The summed E-state index contributed by atoms with van der Waals surface area (Å²) in [5.41, 5.74) is 0. The summed E-state index contributed by atoms with van der Waals surface area (Å²) in [6, 6.07) is -0.123. The monoisotopic (exact) mass is 291 g/mol. The van der Waals surface area contributed by atoms with Gasteiger partial charge in [0, 0.05) is 19.6 Å². The minimum atomic E-state index is -4.07. The van der Waals surface area contributed by atoms with Gasteiger partial charge in [0.2, 0.25) is 0 Å². The normalized spacial score (nSPS) is 28.3. The number of guanidine groups is 1. The Bertz CT molecular complexity index is 337. The summed E-state index contributed by atoms with van der Waals surface area (Å²) < 4.78 is 38.3. The SMILES string of the molecule is CN=C(NCCC1CC1)NC1CCCC(C(F)(F)F)C1. The van der Waals surface area contributed by atoms with E-state index in [0.717, 1.165) is 25.3 Å². The molecule has 0 spiro atoms. The second-order valence-electron chi connectivity index (χ2n) is 5.98. The van der Waals surface area contributed by atoms with Crippen LogP contribution in [0.25, 0.3) is 0 Å². The summed E-state index contributed by atoms with van der Waals surface area (Å²) >= 11 is 0. The first kappa shape index (κ1) is 15.4. The third-order valence-corrected chi connectivity index (χ3v) is 4.24. The second-order valence-corrected chi connectivity index (χ2v) is 5.98. The van der Waals surface area contributed by atoms with Gasteiger partial charge in [-0.3, -0.25) is 4.99 Å². The van der Waals surface area contributed by atoms with E-state index in [2.05, 4.69) is 15.6 Å². The summed E-state index contributed by atoms with van der Waals surface area (Å²) in [5.74, 6) is 0.307. The van der Waals surface area contributed by atoms with Crippen LogP contribution in [0.15, 0.2) is 4.99 Å². The van der Waals surface area contributed by atoms with Crippen LogP contribution in [0, 0.1) is 11.8 Å². The predicted molar refractivity (Wildman–Crippen MR) is 73.6 cm³/mol. The van der Waals surface area contributed by atoms with E-state index < -0.39 is 12.1 Å². The molecule has 116 valence electrons. The van der Waals surface area contributed by atoms with Gasteiger partial charge in [0.1, 0.15) is 0 Å². The van der Waals surface area contributed by atoms with Crippen molar-refractivity contribution in [3.8, 4) is 0 Å². The van der Waals surface area contributed by atoms with Crippen molar-refractivity contribution in [3.05, 3.63) is 0 Å². The van der Waals surface area contributed by atoms with E-state index in [4.69, 9.17) is 0 Å². The first-order valence-corrected chi connectivity index (χ1v) is 7.53. The van der Waals surface area contributed by atoms with Crippen LogP contribution in [0.5, 0.6) is 0 Å². The standard InChI is InChI=1S/C14H24F3N3/c1-18-13(19-8-7-10-5-6-10)20-12-4-2-3-11(9-12)14(15,16)17/h10-12H,2-9H2,1H3,(H2,18,19,20). The Morgan fingerprint density at radius 1 is 1.20 bits per heavy atom. The number of halogens is 3. The molecule has 0 aromatic heterocycles. The largest absolute Gasteiger partial charge is 0.391 e. The highest BCUT2D eigenvalue weighted by molar-refractivity contribution is 5.79. The van der Waals surface area contributed by atoms with Crippen molar-refractivity contribution < 1.29 is 13.2 Å². The summed E-state index contributed by atoms with van der Waals surface area (Å²) in [5, 5.41) is 6.34. The third-order valence-electron chi connectivity index (χ3n) is 4.24. The quantitative estimate of drug-likeness (QED) is 0.617. The van der Waals surface area contributed by atoms with Crippen LogP contribution in [0.3, 0.4) is 0 Å². The number of rotatable bonds is 4. The zero-order valence-corrected chi connectivity index (χ0v) is 12.0. The molecule has 2 rings (SSSR count). The van der Waals surface area contributed by atoms with E-state index in [1.165, 1.54) is 12.8 Å². The maximum absolute atomic E-state index is 12.8. The lowest BCUT2D eigenvalue weighted by Crippen LogP contribution is -2.47. The first-order valence-electron chi connectivity index (χ1n) is 7.53. The molecule has 20 heavy (non-hydrogen) atoms. The van der Waals surface area contributed by atoms with Gasteiger partial charge in [-0.25, -0.2) is 0 Å². The van der Waals surface area contributed by atoms with Gasteiger partial charge in [-0.2, -0.15) is 13.2 Å². The number of aliphatic imine (C=N–C) groups is 1. The van der Waals surface area contributed by atoms with Crippen LogP contribution in [0.2, 0.25) is 0 Å². The van der Waals surface area contributed by atoms with E-state index in [-0.39, 0.29) is 18.9 Å². The maximum Gasteiger partial charge on any atom is 0.391 e. The second kappa shape index (κ2) is 6.68. The average Bonchev–Trinajstić information content (AvgIpc) is 3.21. The fraction of sp³-hybridized carbons (Fsp3) is 0.929. The third kappa shape index (κ3) is 4.87. The Balaban J connectivity index is 1.74. The van der Waals surface area contributed by atoms with Gasteiger partial charge < -0.3 is 10.6 Å². The van der Waals surface area contributed by atoms with Crippen LogP contribution in [-0.4, -0.2) is 31.8 Å². The van der Waals surface area contributed by atoms with Crippen LogP contribution >= 0.6 is 0 Å². The predicted octanol–water partition coefficient (Wildman–Crippen LogP) is 3.07. The molecule has 2 aliphatic rings. The molecule has 2 fully saturated rings. The van der Waals surface area contributed by atoms with Crippen LogP contribution in [-0.2, 0) is 0 Å². The maximum atomic E-state index is 12.8. The fourth-order valence-electron chi connectivity index (χ4n) is 2.81. The van der Waals surface area contributed by atoms with Crippen molar-refractivity contribution in [2.45, 2.75) is 57.2 Å². The number of hydrogen-bond donors (Lipinski definition) is 2. The van der Waals surface area contributed by atoms with E-state index in [0.29, 0.717) is 12.4 Å². The number of nitrogens with one attached hydrogen (secondary N) is 2. The molecule has 6 heteroatoms. The Morgan fingerprint density at radius 2 is 1.95 bits per heavy atom. The van der Waals surface area contributed by atoms with Crippen molar-refractivity contribution in [2.24, 2.45) is 16.8 Å². The molecule has 0 heterocycles. The van der Waals surface area contributed by atoms with Gasteiger partial charge in [-0.1, -0.05) is 19.3 Å². The summed E-state index contributed by atoms with van der Waals surface area (Å²) in [6.45, 7) is 0.847. The van der Waals surface area contributed by atoms with E-state index >= 15 is 0 Å². The fourth-order valence-corrected chi connectivity index (χ4v) is 2.81. The highest BCUT2D eigenvalue weighted by atomic mass is 19.4. The number of alkyl halides is 3. The summed E-state index contributed by atoms with van der Waals surface area (Å²) in [7, 11) is 1.66. The highest BCUT2D eigenvalue weighted by Gasteiger charge is 2.42. The molecular weight excluding hydrogens is 267 g/mol. The lowest BCUT2D eigenvalue weighted by molar-refractivity contribution is -0.183. The van der Waals surface area contributed by atoms with Gasteiger partial charge in [0.25, 0.3) is 0 Å². The average molecular weight is 291 g/mol. The first-order chi connectivity index (χ1) is 9.49. The molecule has 0 aromatic carbocycles. The molecule has 0 amide bonds. The van der Waals surface area contributed by atoms with E-state index in [1.54, 1.807) is 7.05 Å². The van der Waals surface area contributed by atoms with Gasteiger partial charge >= 0.3 is 6.18 Å². The molecule has 3 nitrogen and oxygen atoms in total. The molecule has 2 N–H and O–H groups in total. The van der Waals surface area contributed by atoms with E-state index in [9.17, 15) is 13.2 Å². The van der Waals surface area contributed by atoms with Crippen molar-refractivity contribution in [1.82, 2.24) is 10.6 Å². The van der Waals surface area contributed by atoms with Crippen LogP contribution in [0.1, 0.15) is 44.9 Å². The van der Waals surface area contributed by atoms with Gasteiger partial charge in [-0.15, -0.1) is 0 Å². The lowest BCUT2D eigenvalue weighted by atomic mass is 9.85. The molecule has 0 saturated heterocycles. The lowest BCUT2D eigenvalue weighted by Gasteiger charge is -2.31. The molecular formula is C14H24F3N3. The molecule has 0 aliphatic heterocycles.